The van der Waals surface area contributed by atoms with E-state index in [4.69, 9.17) is 9.31 Å². The second-order valence-electron chi connectivity index (χ2n) is 7.53. The topological polar surface area (TPSA) is 64.6 Å². The molecule has 2 aliphatic rings. The Morgan fingerprint density at radius 2 is 1.79 bits per heavy atom. The molecule has 1 aromatic carbocycles. The van der Waals surface area contributed by atoms with Gasteiger partial charge in [-0.05, 0) is 56.3 Å². The van der Waals surface area contributed by atoms with Crippen molar-refractivity contribution in [3.63, 3.8) is 0 Å². The van der Waals surface area contributed by atoms with Gasteiger partial charge in [-0.25, -0.2) is 13.1 Å². The van der Waals surface area contributed by atoms with Crippen LogP contribution in [0.5, 0.6) is 0 Å². The van der Waals surface area contributed by atoms with Gasteiger partial charge in [-0.1, -0.05) is 24.3 Å². The molecule has 1 aromatic rings. The number of sulfonamides is 1. The highest BCUT2D eigenvalue weighted by atomic mass is 32.2. The average Bonchev–Trinajstić information content (AvgIpc) is 2.94. The van der Waals surface area contributed by atoms with Gasteiger partial charge in [0.15, 0.2) is 0 Å². The largest absolute Gasteiger partial charge is 0.494 e. The van der Waals surface area contributed by atoms with Gasteiger partial charge in [0.2, 0.25) is 10.0 Å². The van der Waals surface area contributed by atoms with Crippen LogP contribution in [0.1, 0.15) is 38.8 Å². The molecule has 1 saturated heterocycles. The Morgan fingerprint density at radius 1 is 1.17 bits per heavy atom. The molecule has 0 spiro atoms. The minimum absolute atomic E-state index is 0.321. The first-order valence-electron chi connectivity index (χ1n) is 8.11. The molecule has 0 bridgehead atoms. The Bertz CT molecular complexity index is 783. The van der Waals surface area contributed by atoms with E-state index < -0.39 is 10.0 Å². The van der Waals surface area contributed by atoms with E-state index in [-0.39, 0.29) is 18.3 Å². The molecule has 0 atom stereocenters. The van der Waals surface area contributed by atoms with Gasteiger partial charge in [0.05, 0.1) is 17.5 Å². The van der Waals surface area contributed by atoms with Gasteiger partial charge >= 0.3 is 7.12 Å². The molecule has 0 amide bonds. The van der Waals surface area contributed by atoms with E-state index in [9.17, 15) is 8.42 Å². The lowest BCUT2D eigenvalue weighted by atomic mass is 9.77. The van der Waals surface area contributed by atoms with Crippen LogP contribution in [0.4, 0.5) is 0 Å². The van der Waals surface area contributed by atoms with E-state index in [1.54, 1.807) is 0 Å². The Labute approximate surface area is 144 Å². The number of nitrogens with one attached hydrogen (secondary N) is 1. The van der Waals surface area contributed by atoms with Crippen molar-refractivity contribution >= 4 is 28.2 Å². The smallest absolute Gasteiger partial charge is 0.399 e. The Hall–Kier alpha value is -1.15. The summed E-state index contributed by atoms with van der Waals surface area (Å²) in [5.74, 6) is 0. The molecule has 7 heteroatoms. The van der Waals surface area contributed by atoms with Crippen LogP contribution in [0.3, 0.4) is 0 Å². The van der Waals surface area contributed by atoms with E-state index in [1.165, 1.54) is 11.8 Å². The molecule has 1 fully saturated rings. The summed E-state index contributed by atoms with van der Waals surface area (Å²) in [7, 11) is -3.57. The van der Waals surface area contributed by atoms with Crippen LogP contribution < -0.4 is 10.2 Å². The van der Waals surface area contributed by atoms with Crippen LogP contribution in [-0.2, 0) is 25.8 Å². The first-order chi connectivity index (χ1) is 11.0. The van der Waals surface area contributed by atoms with E-state index >= 15 is 0 Å². The summed E-state index contributed by atoms with van der Waals surface area (Å²) in [5, 5.41) is 0. The highest BCUT2D eigenvalue weighted by Crippen LogP contribution is 2.37. The van der Waals surface area contributed by atoms with Crippen molar-refractivity contribution in [3.8, 4) is 0 Å². The fourth-order valence-electron chi connectivity index (χ4n) is 2.94. The van der Waals surface area contributed by atoms with Crippen molar-refractivity contribution in [2.45, 2.75) is 45.3 Å². The first kappa shape index (κ1) is 17.7. The SMILES string of the molecule is CC1(C)OB(c2ccc3c(c2)CC=C3CNS(C)(=O)=O)OC1(C)C. The van der Waals surface area contributed by atoms with Gasteiger partial charge in [-0.2, -0.15) is 0 Å². The third-order valence-electron chi connectivity index (χ3n) is 5.09. The van der Waals surface area contributed by atoms with Crippen molar-refractivity contribution < 1.29 is 17.7 Å². The lowest BCUT2D eigenvalue weighted by Gasteiger charge is -2.32. The molecular formula is C17H24BNO4S. The van der Waals surface area contributed by atoms with Crippen LogP contribution in [-0.4, -0.2) is 39.5 Å². The minimum Gasteiger partial charge on any atom is -0.399 e. The highest BCUT2D eigenvalue weighted by Gasteiger charge is 2.51. The standard InChI is InChI=1S/C17H24BNO4S/c1-16(2)17(3,4)23-18(22-16)14-8-9-15-12(10-14)6-7-13(15)11-19-24(5,20)21/h7-10,19H,6,11H2,1-5H3. The Balaban J connectivity index is 1.78. The molecule has 0 aromatic heterocycles. The number of benzene rings is 1. The zero-order chi connectivity index (χ0) is 17.8. The Kier molecular flexibility index (Phi) is 4.19. The van der Waals surface area contributed by atoms with E-state index in [0.29, 0.717) is 6.54 Å². The van der Waals surface area contributed by atoms with Crippen molar-refractivity contribution in [2.75, 3.05) is 12.8 Å². The summed E-state index contributed by atoms with van der Waals surface area (Å²) < 4.78 is 37.3. The summed E-state index contributed by atoms with van der Waals surface area (Å²) >= 11 is 0. The molecule has 130 valence electrons. The van der Waals surface area contributed by atoms with Crippen LogP contribution >= 0.6 is 0 Å². The zero-order valence-electron chi connectivity index (χ0n) is 14.8. The molecule has 0 saturated carbocycles. The van der Waals surface area contributed by atoms with Gasteiger partial charge in [0.1, 0.15) is 0 Å². The summed E-state index contributed by atoms with van der Waals surface area (Å²) in [6.07, 6.45) is 4.03. The molecule has 1 aliphatic heterocycles. The van der Waals surface area contributed by atoms with Crippen LogP contribution in [0.25, 0.3) is 5.57 Å². The second-order valence-corrected chi connectivity index (χ2v) is 9.36. The summed E-state index contributed by atoms with van der Waals surface area (Å²) in [6, 6.07) is 6.13. The number of rotatable bonds is 4. The van der Waals surface area contributed by atoms with Crippen molar-refractivity contribution in [1.29, 1.82) is 0 Å². The van der Waals surface area contributed by atoms with Gasteiger partial charge in [-0.15, -0.1) is 0 Å². The fourth-order valence-corrected chi connectivity index (χ4v) is 3.36. The maximum atomic E-state index is 11.3. The molecule has 0 unspecified atom stereocenters. The maximum absolute atomic E-state index is 11.3. The zero-order valence-corrected chi connectivity index (χ0v) is 15.7. The van der Waals surface area contributed by atoms with E-state index in [2.05, 4.69) is 16.9 Å². The maximum Gasteiger partial charge on any atom is 0.494 e. The molecule has 1 aliphatic carbocycles. The number of fused-ring (bicyclic) bond motifs is 1. The monoisotopic (exact) mass is 349 g/mol. The molecule has 24 heavy (non-hydrogen) atoms. The summed E-state index contributed by atoms with van der Waals surface area (Å²) in [6.45, 7) is 8.48. The van der Waals surface area contributed by atoms with Crippen LogP contribution in [0.15, 0.2) is 24.3 Å². The highest BCUT2D eigenvalue weighted by molar-refractivity contribution is 7.88. The molecule has 1 heterocycles. The number of hydrogen-bond donors (Lipinski definition) is 1. The lowest BCUT2D eigenvalue weighted by Crippen LogP contribution is -2.41. The van der Waals surface area contributed by atoms with Crippen LogP contribution in [0.2, 0.25) is 0 Å². The minimum atomic E-state index is -3.19. The van der Waals surface area contributed by atoms with Gasteiger partial charge < -0.3 is 9.31 Å². The predicted octanol–water partition coefficient (Wildman–Crippen LogP) is 1.47. The third kappa shape index (κ3) is 3.31. The van der Waals surface area contributed by atoms with Crippen molar-refractivity contribution in [1.82, 2.24) is 4.72 Å². The van der Waals surface area contributed by atoms with E-state index in [0.717, 1.165) is 23.0 Å². The van der Waals surface area contributed by atoms with Gasteiger partial charge in [0.25, 0.3) is 0 Å². The van der Waals surface area contributed by atoms with Gasteiger partial charge in [0, 0.05) is 6.54 Å². The molecule has 0 radical (unpaired) electrons. The Morgan fingerprint density at radius 3 is 2.38 bits per heavy atom. The molecule has 1 N–H and O–H groups in total. The fraction of sp³-hybridized carbons (Fsp3) is 0.529. The van der Waals surface area contributed by atoms with E-state index in [1.807, 2.05) is 39.8 Å². The first-order valence-corrected chi connectivity index (χ1v) is 10.0. The molecule has 5 nitrogen and oxygen atoms in total. The number of allylic oxidation sites excluding steroid dienone is 1. The van der Waals surface area contributed by atoms with Crippen molar-refractivity contribution in [2.24, 2.45) is 0 Å². The lowest BCUT2D eigenvalue weighted by molar-refractivity contribution is 0.00578. The third-order valence-corrected chi connectivity index (χ3v) is 5.76. The molecular weight excluding hydrogens is 325 g/mol. The summed E-state index contributed by atoms with van der Waals surface area (Å²) in [4.78, 5) is 0. The quantitative estimate of drug-likeness (QED) is 0.837. The average molecular weight is 349 g/mol. The second kappa shape index (κ2) is 5.69. The van der Waals surface area contributed by atoms with Gasteiger partial charge in [-0.3, -0.25) is 0 Å². The summed E-state index contributed by atoms with van der Waals surface area (Å²) in [5.41, 5.74) is 3.55. The molecule has 3 rings (SSSR count). The van der Waals surface area contributed by atoms with Crippen LogP contribution in [0, 0.1) is 0 Å². The normalized spacial score (nSPS) is 21.7. The predicted molar refractivity (Wildman–Crippen MR) is 96.7 cm³/mol. The number of hydrogen-bond acceptors (Lipinski definition) is 4. The van der Waals surface area contributed by atoms with Crippen molar-refractivity contribution in [3.05, 3.63) is 35.4 Å².